The molecule has 0 unspecified atom stereocenters. The van der Waals surface area contributed by atoms with Gasteiger partial charge in [0.05, 0.1) is 25.0 Å². The van der Waals surface area contributed by atoms with Crippen molar-refractivity contribution in [1.29, 1.82) is 0 Å². The first-order valence-electron chi connectivity index (χ1n) is 10.0. The van der Waals surface area contributed by atoms with Gasteiger partial charge in [-0.3, -0.25) is 9.59 Å². The summed E-state index contributed by atoms with van der Waals surface area (Å²) in [5.41, 5.74) is 3.63. The second kappa shape index (κ2) is 8.86. The van der Waals surface area contributed by atoms with Gasteiger partial charge in [0.15, 0.2) is 5.69 Å². The second-order valence-electron chi connectivity index (χ2n) is 7.26. The van der Waals surface area contributed by atoms with Crippen molar-refractivity contribution in [2.24, 2.45) is 0 Å². The lowest BCUT2D eigenvalue weighted by Crippen LogP contribution is -2.47. The lowest BCUT2D eigenvalue weighted by atomic mass is 10.1. The van der Waals surface area contributed by atoms with E-state index in [-0.39, 0.29) is 17.5 Å². The molecule has 1 saturated heterocycles. The van der Waals surface area contributed by atoms with Gasteiger partial charge in [-0.2, -0.15) is 0 Å². The number of amides is 2. The molecule has 2 amide bonds. The smallest absolute Gasteiger partial charge is 0.274 e. The summed E-state index contributed by atoms with van der Waals surface area (Å²) in [5.74, 6) is 0.440. The Kier molecular flexibility index (Phi) is 5.83. The van der Waals surface area contributed by atoms with E-state index in [0.29, 0.717) is 31.1 Å². The van der Waals surface area contributed by atoms with Crippen molar-refractivity contribution in [2.45, 2.75) is 13.5 Å². The van der Waals surface area contributed by atoms with Gasteiger partial charge in [0.25, 0.3) is 5.91 Å². The van der Waals surface area contributed by atoms with Crippen LogP contribution in [0.1, 0.15) is 21.7 Å². The molecule has 9 heteroatoms. The lowest BCUT2D eigenvalue weighted by molar-refractivity contribution is -0.120. The molecule has 1 aromatic heterocycles. The molecule has 2 N–H and O–H groups in total. The van der Waals surface area contributed by atoms with E-state index in [9.17, 15) is 9.59 Å². The summed E-state index contributed by atoms with van der Waals surface area (Å²) in [6.07, 6.45) is 0. The minimum absolute atomic E-state index is 0.0277. The third-order valence-corrected chi connectivity index (χ3v) is 5.20. The molecule has 1 aliphatic rings. The van der Waals surface area contributed by atoms with Crippen molar-refractivity contribution >= 4 is 17.5 Å². The molecule has 31 heavy (non-hydrogen) atoms. The van der Waals surface area contributed by atoms with Crippen LogP contribution >= 0.6 is 0 Å². The van der Waals surface area contributed by atoms with Gasteiger partial charge in [-0.15, -0.1) is 5.10 Å². The van der Waals surface area contributed by atoms with Crippen LogP contribution in [0, 0.1) is 6.92 Å². The largest absolute Gasteiger partial charge is 0.497 e. The minimum atomic E-state index is -0.288. The maximum absolute atomic E-state index is 12.7. The third kappa shape index (κ3) is 4.50. The summed E-state index contributed by atoms with van der Waals surface area (Å²) in [7, 11) is 1.60. The number of hydrogen-bond acceptors (Lipinski definition) is 6. The summed E-state index contributed by atoms with van der Waals surface area (Å²) in [6.45, 7) is 3.96. The number of rotatable bonds is 6. The average Bonchev–Trinajstić information content (AvgIpc) is 3.19. The molecule has 0 atom stereocenters. The molecular weight excluding hydrogens is 396 g/mol. The van der Waals surface area contributed by atoms with Gasteiger partial charge < -0.3 is 20.3 Å². The topological polar surface area (TPSA) is 101 Å². The van der Waals surface area contributed by atoms with Crippen LogP contribution in [0.4, 0.5) is 5.69 Å². The van der Waals surface area contributed by atoms with Crippen molar-refractivity contribution < 1.29 is 14.3 Å². The fraction of sp³-hybridized carbons (Fsp3) is 0.273. The van der Waals surface area contributed by atoms with E-state index >= 15 is 0 Å². The highest BCUT2D eigenvalue weighted by Crippen LogP contribution is 2.19. The first-order valence-corrected chi connectivity index (χ1v) is 10.0. The minimum Gasteiger partial charge on any atom is -0.497 e. The molecule has 2 heterocycles. The fourth-order valence-corrected chi connectivity index (χ4v) is 3.48. The van der Waals surface area contributed by atoms with E-state index in [0.717, 1.165) is 23.5 Å². The maximum Gasteiger partial charge on any atom is 0.274 e. The van der Waals surface area contributed by atoms with E-state index in [2.05, 4.69) is 20.9 Å². The first kappa shape index (κ1) is 20.4. The van der Waals surface area contributed by atoms with Crippen LogP contribution in [0.15, 0.2) is 48.5 Å². The van der Waals surface area contributed by atoms with Crippen LogP contribution in [0.25, 0.3) is 5.69 Å². The van der Waals surface area contributed by atoms with E-state index in [1.165, 1.54) is 0 Å². The molecule has 3 aromatic rings. The number of ether oxygens (including phenoxy) is 1. The van der Waals surface area contributed by atoms with Crippen molar-refractivity contribution in [3.63, 3.8) is 0 Å². The molecule has 0 radical (unpaired) electrons. The average molecular weight is 420 g/mol. The number of nitrogens with zero attached hydrogens (tertiary/aromatic N) is 4. The highest BCUT2D eigenvalue weighted by atomic mass is 16.5. The zero-order valence-electron chi connectivity index (χ0n) is 17.5. The Balaban J connectivity index is 1.40. The molecule has 4 rings (SSSR count). The summed E-state index contributed by atoms with van der Waals surface area (Å²) < 4.78 is 6.86. The van der Waals surface area contributed by atoms with Crippen LogP contribution in [0.2, 0.25) is 0 Å². The Morgan fingerprint density at radius 2 is 2.00 bits per heavy atom. The highest BCUT2D eigenvalue weighted by molar-refractivity contribution is 5.93. The third-order valence-electron chi connectivity index (χ3n) is 5.20. The second-order valence-corrected chi connectivity index (χ2v) is 7.26. The number of carbonyl (C=O) groups is 2. The van der Waals surface area contributed by atoms with Crippen molar-refractivity contribution in [3.8, 4) is 11.4 Å². The molecular formula is C22H24N6O3. The van der Waals surface area contributed by atoms with Crippen LogP contribution in [-0.2, 0) is 11.3 Å². The first-order chi connectivity index (χ1) is 15.0. The van der Waals surface area contributed by atoms with Gasteiger partial charge in [-0.1, -0.05) is 23.4 Å². The Bertz CT molecular complexity index is 1090. The fourth-order valence-electron chi connectivity index (χ4n) is 3.48. The Hall–Kier alpha value is -3.88. The number of anilines is 1. The SMILES string of the molecule is COc1cccc(-n2nnc(C(=O)NCc3ccc(N4CCNC(=O)C4)cc3)c2C)c1. The Morgan fingerprint density at radius 3 is 2.74 bits per heavy atom. The number of hydrogen-bond donors (Lipinski definition) is 2. The number of nitrogens with one attached hydrogen (secondary N) is 2. The van der Waals surface area contributed by atoms with Gasteiger partial charge in [0, 0.05) is 31.4 Å². The van der Waals surface area contributed by atoms with E-state index in [4.69, 9.17) is 4.74 Å². The number of piperazine rings is 1. The molecule has 0 aliphatic carbocycles. The standard InChI is InChI=1S/C22H24N6O3/c1-15-21(25-26-28(15)18-4-3-5-19(12-18)31-2)22(30)24-13-16-6-8-17(9-7-16)27-11-10-23-20(29)14-27/h3-9,12H,10-11,13-14H2,1-2H3,(H,23,29)(H,24,30). The van der Waals surface area contributed by atoms with Gasteiger partial charge in [-0.25, -0.2) is 4.68 Å². The predicted molar refractivity (Wildman–Crippen MR) is 115 cm³/mol. The summed E-state index contributed by atoms with van der Waals surface area (Å²) >= 11 is 0. The normalized spacial score (nSPS) is 13.6. The van der Waals surface area contributed by atoms with Crippen LogP contribution in [-0.4, -0.2) is 53.6 Å². The lowest BCUT2D eigenvalue weighted by Gasteiger charge is -2.28. The van der Waals surface area contributed by atoms with Crippen LogP contribution < -0.4 is 20.3 Å². The van der Waals surface area contributed by atoms with Crippen molar-refractivity contribution in [3.05, 3.63) is 65.5 Å². The molecule has 1 aliphatic heterocycles. The molecule has 0 saturated carbocycles. The summed E-state index contributed by atoms with van der Waals surface area (Å²) in [4.78, 5) is 26.2. The molecule has 1 fully saturated rings. The Morgan fingerprint density at radius 1 is 1.19 bits per heavy atom. The molecule has 160 valence electrons. The molecule has 0 bridgehead atoms. The monoisotopic (exact) mass is 420 g/mol. The van der Waals surface area contributed by atoms with Gasteiger partial charge in [-0.05, 0) is 36.8 Å². The maximum atomic E-state index is 12.7. The number of aromatic nitrogens is 3. The zero-order valence-corrected chi connectivity index (χ0v) is 17.5. The molecule has 2 aromatic carbocycles. The summed E-state index contributed by atoms with van der Waals surface area (Å²) in [5, 5.41) is 13.9. The Labute approximate surface area is 180 Å². The number of benzene rings is 2. The van der Waals surface area contributed by atoms with Crippen molar-refractivity contribution in [1.82, 2.24) is 25.6 Å². The van der Waals surface area contributed by atoms with Gasteiger partial charge >= 0.3 is 0 Å². The van der Waals surface area contributed by atoms with Gasteiger partial charge in [0.2, 0.25) is 5.91 Å². The van der Waals surface area contributed by atoms with Crippen LogP contribution in [0.5, 0.6) is 5.75 Å². The van der Waals surface area contributed by atoms with E-state index in [1.54, 1.807) is 18.7 Å². The van der Waals surface area contributed by atoms with E-state index in [1.807, 2.05) is 53.4 Å². The quantitative estimate of drug-likeness (QED) is 0.626. The predicted octanol–water partition coefficient (Wildman–Crippen LogP) is 1.45. The van der Waals surface area contributed by atoms with Crippen LogP contribution in [0.3, 0.4) is 0 Å². The van der Waals surface area contributed by atoms with E-state index < -0.39 is 0 Å². The van der Waals surface area contributed by atoms with Crippen molar-refractivity contribution in [2.75, 3.05) is 31.6 Å². The molecule has 9 nitrogen and oxygen atoms in total. The number of methoxy groups -OCH3 is 1. The zero-order chi connectivity index (χ0) is 21.8. The number of carbonyl (C=O) groups excluding carboxylic acids is 2. The highest BCUT2D eigenvalue weighted by Gasteiger charge is 2.18. The van der Waals surface area contributed by atoms with Gasteiger partial charge in [0.1, 0.15) is 5.75 Å². The summed E-state index contributed by atoms with van der Waals surface area (Å²) in [6, 6.07) is 15.2. The molecule has 0 spiro atoms.